The summed E-state index contributed by atoms with van der Waals surface area (Å²) in [5.74, 6) is -2.46. The quantitative estimate of drug-likeness (QED) is 0.194. The number of alkyl halides is 1. The highest BCUT2D eigenvalue weighted by Crippen LogP contribution is 2.68. The van der Waals surface area contributed by atoms with Gasteiger partial charge in [-0.3, -0.25) is 14.4 Å². The van der Waals surface area contributed by atoms with Crippen LogP contribution in [0.25, 0.3) is 0 Å². The molecule has 10 heteroatoms. The molecule has 0 radical (unpaired) electrons. The molecule has 224 valence electrons. The van der Waals surface area contributed by atoms with Crippen LogP contribution in [0.4, 0.5) is 11.4 Å². The first-order valence-corrected chi connectivity index (χ1v) is 16.2. The Labute approximate surface area is 256 Å². The molecule has 3 aliphatic heterocycles. The second kappa shape index (κ2) is 12.9. The van der Waals surface area contributed by atoms with Gasteiger partial charge in [-0.15, -0.1) is 18.3 Å². The van der Waals surface area contributed by atoms with E-state index in [0.29, 0.717) is 12.1 Å². The lowest BCUT2D eigenvalue weighted by Gasteiger charge is -2.41. The van der Waals surface area contributed by atoms with Gasteiger partial charge in [0.2, 0.25) is 5.91 Å². The van der Waals surface area contributed by atoms with Crippen molar-refractivity contribution in [2.75, 3.05) is 42.6 Å². The Morgan fingerprint density at radius 3 is 2.37 bits per heavy atom. The Hall–Kier alpha value is -2.30. The molecule has 0 aliphatic carbocycles. The van der Waals surface area contributed by atoms with Gasteiger partial charge in [-0.1, -0.05) is 48.5 Å². The number of thioether (sulfide) groups is 1. The van der Waals surface area contributed by atoms with Crippen molar-refractivity contribution >= 4 is 56.9 Å². The molecule has 1 aromatic rings. The third-order valence-corrected chi connectivity index (χ3v) is 12.0. The van der Waals surface area contributed by atoms with Gasteiger partial charge < -0.3 is 24.5 Å². The number of amides is 2. The first kappa shape index (κ1) is 31.6. The molecule has 0 aromatic heterocycles. The zero-order chi connectivity index (χ0) is 30.1. The predicted octanol–water partition coefficient (Wildman–Crippen LogP) is 4.26. The number of hydrogen-bond donors (Lipinski definition) is 1. The molecule has 41 heavy (non-hydrogen) atoms. The summed E-state index contributed by atoms with van der Waals surface area (Å²) in [5, 5.41) is 10.3. The minimum Gasteiger partial charge on any atom is -0.461 e. The number of aliphatic hydroxyl groups is 1. The number of aliphatic hydroxyl groups excluding tert-OH is 1. The van der Waals surface area contributed by atoms with Gasteiger partial charge in [0.15, 0.2) is 0 Å². The molecule has 3 heterocycles. The molecule has 7 atom stereocenters. The van der Waals surface area contributed by atoms with E-state index < -0.39 is 34.6 Å². The molecule has 8 nitrogen and oxygen atoms in total. The number of fused-ring (bicyclic) bond motifs is 1. The number of carbonyl (C=O) groups excluding carboxylic acids is 3. The zero-order valence-electron chi connectivity index (χ0n) is 24.4. The van der Waals surface area contributed by atoms with Crippen LogP contribution in [0.15, 0.2) is 49.6 Å². The topological polar surface area (TPSA) is 90.4 Å². The summed E-state index contributed by atoms with van der Waals surface area (Å²) in [6.07, 6.45) is 3.74. The minimum absolute atomic E-state index is 0.0571. The molecule has 2 bridgehead atoms. The van der Waals surface area contributed by atoms with E-state index in [1.807, 2.05) is 38.1 Å². The largest absolute Gasteiger partial charge is 0.461 e. The van der Waals surface area contributed by atoms with Gasteiger partial charge in [0, 0.05) is 41.1 Å². The van der Waals surface area contributed by atoms with E-state index in [9.17, 15) is 19.5 Å². The minimum atomic E-state index is -0.866. The van der Waals surface area contributed by atoms with Crippen molar-refractivity contribution in [2.24, 2.45) is 17.8 Å². The van der Waals surface area contributed by atoms with Crippen molar-refractivity contribution in [1.29, 1.82) is 0 Å². The molecule has 1 N–H and O–H groups in total. The van der Waals surface area contributed by atoms with Crippen molar-refractivity contribution in [1.82, 2.24) is 4.90 Å². The maximum absolute atomic E-state index is 14.8. The van der Waals surface area contributed by atoms with E-state index in [4.69, 9.17) is 4.74 Å². The van der Waals surface area contributed by atoms with Gasteiger partial charge in [0.25, 0.3) is 5.91 Å². The second-order valence-corrected chi connectivity index (χ2v) is 14.0. The molecular weight excluding hydrogens is 606 g/mol. The smallest absolute Gasteiger partial charge is 0.311 e. The van der Waals surface area contributed by atoms with E-state index in [0.717, 1.165) is 18.8 Å². The maximum Gasteiger partial charge on any atom is 0.311 e. The van der Waals surface area contributed by atoms with Crippen molar-refractivity contribution < 1.29 is 24.2 Å². The molecule has 3 fully saturated rings. The summed E-state index contributed by atoms with van der Waals surface area (Å²) in [4.78, 5) is 47.9. The van der Waals surface area contributed by atoms with Gasteiger partial charge in [-0.2, -0.15) is 0 Å². The summed E-state index contributed by atoms with van der Waals surface area (Å²) in [7, 11) is 0. The molecule has 4 rings (SSSR count). The number of anilines is 2. The van der Waals surface area contributed by atoms with E-state index in [1.54, 1.807) is 27.6 Å². The lowest BCUT2D eigenvalue weighted by Crippen LogP contribution is -2.59. The number of rotatable bonds is 13. The fraction of sp³-hybridized carbons (Fsp3) is 0.581. The molecule has 0 saturated carbocycles. The lowest BCUT2D eigenvalue weighted by atomic mass is 9.71. The third kappa shape index (κ3) is 5.36. The third-order valence-electron chi connectivity index (χ3n) is 8.76. The number of ether oxygens (including phenoxy) is 1. The van der Waals surface area contributed by atoms with E-state index >= 15 is 0 Å². The standard InChI is InChI=1S/C31H42BrN3O5S/c1-7-15-34(21-13-11-20(12-14-21)33(9-3)10-4)29(38)27-31-17-22(32)26(41-31)24(30(39)40-16-8-2)25(31)28(37)35(27)23(18-36)19(5)6/h7-8,11-14,19,22-27,36H,1-2,9-10,15-18H2,3-6H3/t22?,23-,24-,25-,26-,27?,31?/m0/s1. The number of nitrogens with zero attached hydrogens (tertiary/aromatic N) is 3. The number of likely N-dealkylation sites (tertiary alicyclic amines) is 1. The van der Waals surface area contributed by atoms with Gasteiger partial charge in [0.1, 0.15) is 12.6 Å². The molecular formula is C31H42BrN3O5S. The van der Waals surface area contributed by atoms with Crippen LogP contribution < -0.4 is 9.80 Å². The van der Waals surface area contributed by atoms with Gasteiger partial charge in [-0.05, 0) is 50.5 Å². The molecule has 3 aliphatic rings. The van der Waals surface area contributed by atoms with Crippen LogP contribution in [0.5, 0.6) is 0 Å². The van der Waals surface area contributed by atoms with Crippen LogP contribution in [0.3, 0.4) is 0 Å². The summed E-state index contributed by atoms with van der Waals surface area (Å²) < 4.78 is 4.64. The molecule has 1 aromatic carbocycles. The highest BCUT2D eigenvalue weighted by atomic mass is 79.9. The lowest BCUT2D eigenvalue weighted by molar-refractivity contribution is -0.153. The first-order chi connectivity index (χ1) is 19.6. The average molecular weight is 649 g/mol. The Kier molecular flexibility index (Phi) is 9.96. The Bertz CT molecular complexity index is 1160. The predicted molar refractivity (Wildman–Crippen MR) is 168 cm³/mol. The van der Waals surface area contributed by atoms with Crippen LogP contribution in [-0.4, -0.2) is 87.5 Å². The fourth-order valence-electron chi connectivity index (χ4n) is 6.86. The second-order valence-electron chi connectivity index (χ2n) is 11.2. The van der Waals surface area contributed by atoms with E-state index in [1.165, 1.54) is 6.08 Å². The molecule has 1 spiro atoms. The first-order valence-electron chi connectivity index (χ1n) is 14.4. The number of hydrogen-bond acceptors (Lipinski definition) is 7. The maximum atomic E-state index is 14.8. The van der Waals surface area contributed by atoms with E-state index in [2.05, 4.69) is 47.8 Å². The normalized spacial score (nSPS) is 28.9. The van der Waals surface area contributed by atoms with Gasteiger partial charge in [-0.25, -0.2) is 0 Å². The molecule has 3 unspecified atom stereocenters. The van der Waals surface area contributed by atoms with Crippen molar-refractivity contribution in [2.45, 2.75) is 61.0 Å². The van der Waals surface area contributed by atoms with Crippen molar-refractivity contribution in [3.05, 3.63) is 49.6 Å². The Morgan fingerprint density at radius 2 is 1.83 bits per heavy atom. The number of carbonyl (C=O) groups is 3. The highest BCUT2D eigenvalue weighted by molar-refractivity contribution is 9.09. The van der Waals surface area contributed by atoms with Crippen molar-refractivity contribution in [3.63, 3.8) is 0 Å². The van der Waals surface area contributed by atoms with Crippen LogP contribution in [-0.2, 0) is 19.1 Å². The fourth-order valence-corrected chi connectivity index (χ4v) is 10.4. The average Bonchev–Trinajstić information content (AvgIpc) is 3.55. The Balaban J connectivity index is 1.80. The SMILES string of the molecule is C=CCOC(=O)[C@H]1[C@H]2C(=O)N([C@@H](CO)C(C)C)C(C(=O)N(CC=C)c3ccc(N(CC)CC)cc3)C23CC(Br)[C@@H]1S3. The summed E-state index contributed by atoms with van der Waals surface area (Å²) in [6.45, 7) is 17.4. The highest BCUT2D eigenvalue weighted by Gasteiger charge is 2.76. The van der Waals surface area contributed by atoms with Crippen LogP contribution in [0, 0.1) is 17.8 Å². The monoisotopic (exact) mass is 647 g/mol. The summed E-state index contributed by atoms with van der Waals surface area (Å²) in [5.41, 5.74) is 1.77. The van der Waals surface area contributed by atoms with Crippen LogP contribution >= 0.6 is 27.7 Å². The number of halogens is 1. The van der Waals surface area contributed by atoms with Crippen LogP contribution in [0.1, 0.15) is 34.1 Å². The van der Waals surface area contributed by atoms with Gasteiger partial charge >= 0.3 is 5.97 Å². The Morgan fingerprint density at radius 1 is 1.20 bits per heavy atom. The number of benzene rings is 1. The van der Waals surface area contributed by atoms with Crippen molar-refractivity contribution in [3.8, 4) is 0 Å². The zero-order valence-corrected chi connectivity index (χ0v) is 26.8. The van der Waals surface area contributed by atoms with E-state index in [-0.39, 0.29) is 47.6 Å². The van der Waals surface area contributed by atoms with Gasteiger partial charge in [0.05, 0.1) is 29.2 Å². The number of esters is 1. The molecule has 2 amide bonds. The van der Waals surface area contributed by atoms with Crippen LogP contribution in [0.2, 0.25) is 0 Å². The molecule has 3 saturated heterocycles. The summed E-state index contributed by atoms with van der Waals surface area (Å²) >= 11 is 5.33. The summed E-state index contributed by atoms with van der Waals surface area (Å²) in [6, 6.07) is 6.42.